The van der Waals surface area contributed by atoms with Gasteiger partial charge < -0.3 is 14.2 Å². The summed E-state index contributed by atoms with van der Waals surface area (Å²) in [5.74, 6) is 0. The molecule has 0 radical (unpaired) electrons. The molecule has 6 nitrogen and oxygen atoms in total. The first-order chi connectivity index (χ1) is 13.8. The van der Waals surface area contributed by atoms with E-state index in [9.17, 15) is 14.6 Å². The first kappa shape index (κ1) is 22.6. The van der Waals surface area contributed by atoms with Crippen LogP contribution in [0.15, 0.2) is 22.6 Å². The maximum absolute atomic E-state index is 12.9. The summed E-state index contributed by atoms with van der Waals surface area (Å²) >= 11 is -1.40. The van der Waals surface area contributed by atoms with Crippen molar-refractivity contribution in [1.82, 2.24) is 4.90 Å². The summed E-state index contributed by atoms with van der Waals surface area (Å²) in [6, 6.07) is 7.87. The Balaban J connectivity index is 1.91. The van der Waals surface area contributed by atoms with Gasteiger partial charge in [0, 0.05) is 24.1 Å². The lowest BCUT2D eigenvalue weighted by Gasteiger charge is -2.39. The van der Waals surface area contributed by atoms with Crippen LogP contribution in [-0.2, 0) is 22.5 Å². The molecule has 1 spiro atoms. The Morgan fingerprint density at radius 1 is 1.23 bits per heavy atom. The van der Waals surface area contributed by atoms with Gasteiger partial charge in [0.1, 0.15) is 27.4 Å². The van der Waals surface area contributed by atoms with Gasteiger partial charge in [0.15, 0.2) is 0 Å². The van der Waals surface area contributed by atoms with E-state index in [4.69, 9.17) is 9.13 Å². The van der Waals surface area contributed by atoms with Crippen LogP contribution in [0, 0.1) is 16.7 Å². The molecule has 162 valence electrons. The first-order valence-electron chi connectivity index (χ1n) is 10.4. The maximum atomic E-state index is 12.9. The van der Waals surface area contributed by atoms with Crippen LogP contribution in [0.5, 0.6) is 0 Å². The predicted molar refractivity (Wildman–Crippen MR) is 119 cm³/mol. The van der Waals surface area contributed by atoms with Gasteiger partial charge in [-0.05, 0) is 78.5 Å². The molecular weight excluding hydrogens is 398 g/mol. The molecule has 0 aromatic heterocycles. The predicted octanol–water partition coefficient (Wildman–Crippen LogP) is 4.38. The van der Waals surface area contributed by atoms with Crippen LogP contribution in [0.4, 0.5) is 4.79 Å². The fourth-order valence-electron chi connectivity index (χ4n) is 3.98. The third kappa shape index (κ3) is 4.65. The van der Waals surface area contributed by atoms with E-state index in [-0.39, 0.29) is 11.5 Å². The molecule has 1 aliphatic carbocycles. The SMILES string of the molecule is CC(C)(C)OC(=O)N1CCC2(CC1)Cc1ccc(C#N)cc1/C2=N\[S@+]([O-])C(C)(C)C. The van der Waals surface area contributed by atoms with E-state index in [2.05, 4.69) is 6.07 Å². The molecule has 1 aliphatic heterocycles. The second kappa shape index (κ2) is 7.90. The minimum absolute atomic E-state index is 0.268. The van der Waals surface area contributed by atoms with Crippen molar-refractivity contribution in [3.63, 3.8) is 0 Å². The molecule has 1 heterocycles. The largest absolute Gasteiger partial charge is 0.591 e. The summed E-state index contributed by atoms with van der Waals surface area (Å²) in [6.45, 7) is 12.5. The van der Waals surface area contributed by atoms with E-state index >= 15 is 0 Å². The molecule has 1 fully saturated rings. The van der Waals surface area contributed by atoms with Crippen molar-refractivity contribution < 1.29 is 14.1 Å². The summed E-state index contributed by atoms with van der Waals surface area (Å²) < 4.78 is 22.7. The van der Waals surface area contributed by atoms with Crippen LogP contribution in [0.25, 0.3) is 0 Å². The van der Waals surface area contributed by atoms with Crippen molar-refractivity contribution in [3.8, 4) is 6.07 Å². The van der Waals surface area contributed by atoms with Crippen molar-refractivity contribution in [3.05, 3.63) is 34.9 Å². The highest BCUT2D eigenvalue weighted by Gasteiger charge is 2.48. The number of nitrogens with zero attached hydrogens (tertiary/aromatic N) is 3. The fourth-order valence-corrected chi connectivity index (χ4v) is 4.71. The summed E-state index contributed by atoms with van der Waals surface area (Å²) in [5.41, 5.74) is 2.66. The third-order valence-corrected chi connectivity index (χ3v) is 6.99. The Morgan fingerprint density at radius 2 is 1.87 bits per heavy atom. The van der Waals surface area contributed by atoms with Crippen LogP contribution in [0.2, 0.25) is 0 Å². The van der Waals surface area contributed by atoms with Crippen molar-refractivity contribution in [2.24, 2.45) is 9.81 Å². The monoisotopic (exact) mass is 429 g/mol. The number of carbonyl (C=O) groups is 1. The number of hydrogen-bond donors (Lipinski definition) is 0. The van der Waals surface area contributed by atoms with Gasteiger partial charge in [-0.3, -0.25) is 0 Å². The van der Waals surface area contributed by atoms with Gasteiger partial charge in [-0.15, -0.1) is 0 Å². The smallest absolute Gasteiger partial charge is 0.410 e. The van der Waals surface area contributed by atoms with E-state index in [0.717, 1.165) is 36.1 Å². The summed E-state index contributed by atoms with van der Waals surface area (Å²) in [5, 5.41) is 9.35. The van der Waals surface area contributed by atoms with E-state index in [1.807, 2.05) is 59.7 Å². The topological polar surface area (TPSA) is 88.8 Å². The Kier molecular flexibility index (Phi) is 5.96. The highest BCUT2D eigenvalue weighted by molar-refractivity contribution is 7.91. The van der Waals surface area contributed by atoms with Crippen LogP contribution in [0.3, 0.4) is 0 Å². The Labute approximate surface area is 182 Å². The van der Waals surface area contributed by atoms with Crippen LogP contribution in [0.1, 0.15) is 71.1 Å². The highest BCUT2D eigenvalue weighted by atomic mass is 32.2. The fraction of sp³-hybridized carbons (Fsp3) is 0.609. The van der Waals surface area contributed by atoms with Gasteiger partial charge in [-0.1, -0.05) is 10.5 Å². The van der Waals surface area contributed by atoms with Gasteiger partial charge in [-0.2, -0.15) is 5.26 Å². The summed E-state index contributed by atoms with van der Waals surface area (Å²) in [6.07, 6.45) is 1.94. The van der Waals surface area contributed by atoms with E-state index < -0.39 is 21.7 Å². The number of benzene rings is 1. The molecule has 1 amide bonds. The second-order valence-corrected chi connectivity index (χ2v) is 12.1. The lowest BCUT2D eigenvalue weighted by Crippen LogP contribution is -2.47. The first-order valence-corrected chi connectivity index (χ1v) is 11.5. The van der Waals surface area contributed by atoms with Crippen molar-refractivity contribution in [2.75, 3.05) is 13.1 Å². The average Bonchev–Trinajstić information content (AvgIpc) is 2.92. The molecule has 1 aromatic rings. The standard InChI is InChI=1S/C23H31N3O3S/c1-21(2,3)29-20(27)26-11-9-23(10-12-26)14-17-8-7-16(15-24)13-18(17)19(23)25-30(28)22(4,5)6/h7-8,13H,9-12,14H2,1-6H3/b25-19+/t30-/m1/s1. The van der Waals surface area contributed by atoms with Crippen LogP contribution < -0.4 is 0 Å². The number of nitriles is 1. The zero-order valence-corrected chi connectivity index (χ0v) is 19.6. The normalized spacial score (nSPS) is 20.7. The quantitative estimate of drug-likeness (QED) is 0.620. The van der Waals surface area contributed by atoms with E-state index in [1.54, 1.807) is 4.90 Å². The van der Waals surface area contributed by atoms with Crippen LogP contribution >= 0.6 is 0 Å². The minimum atomic E-state index is -1.40. The summed E-state index contributed by atoms with van der Waals surface area (Å²) in [4.78, 5) is 14.2. The number of piperidine rings is 1. The molecule has 1 aromatic carbocycles. The molecule has 0 bridgehead atoms. The van der Waals surface area contributed by atoms with Gasteiger partial charge in [0.05, 0.1) is 11.6 Å². The molecule has 1 saturated heterocycles. The zero-order valence-electron chi connectivity index (χ0n) is 18.7. The molecule has 3 rings (SSSR count). The number of carbonyl (C=O) groups excluding carboxylic acids is 1. The second-order valence-electron chi connectivity index (χ2n) is 10.2. The number of hydrogen-bond acceptors (Lipinski definition) is 5. The number of fused-ring (bicyclic) bond motifs is 1. The number of amides is 1. The van der Waals surface area contributed by atoms with E-state index in [1.165, 1.54) is 0 Å². The van der Waals surface area contributed by atoms with Gasteiger partial charge in [-0.25, -0.2) is 4.79 Å². The molecule has 1 atom stereocenters. The lowest BCUT2D eigenvalue weighted by molar-refractivity contribution is 0.0159. The molecule has 2 aliphatic rings. The third-order valence-electron chi connectivity index (χ3n) is 5.60. The van der Waals surface area contributed by atoms with Crippen LogP contribution in [-0.4, -0.2) is 44.7 Å². The molecule has 0 unspecified atom stereocenters. The van der Waals surface area contributed by atoms with Gasteiger partial charge >= 0.3 is 6.09 Å². The summed E-state index contributed by atoms with van der Waals surface area (Å²) in [7, 11) is 0. The molecule has 0 saturated carbocycles. The van der Waals surface area contributed by atoms with E-state index in [0.29, 0.717) is 18.7 Å². The molecule has 30 heavy (non-hydrogen) atoms. The number of rotatable bonds is 1. The zero-order chi connectivity index (χ0) is 22.3. The highest BCUT2D eigenvalue weighted by Crippen LogP contribution is 2.46. The Bertz CT molecular complexity index is 898. The number of likely N-dealkylation sites (tertiary alicyclic amines) is 1. The Morgan fingerprint density at radius 3 is 2.40 bits per heavy atom. The average molecular weight is 430 g/mol. The lowest BCUT2D eigenvalue weighted by atomic mass is 9.74. The maximum Gasteiger partial charge on any atom is 0.410 e. The Hall–Kier alpha value is -2.04. The number of ether oxygens (including phenoxy) is 1. The van der Waals surface area contributed by atoms with Crippen molar-refractivity contribution in [2.45, 2.75) is 71.2 Å². The molecule has 0 N–H and O–H groups in total. The molecular formula is C23H31N3O3S. The molecule has 7 heteroatoms. The van der Waals surface area contributed by atoms with Gasteiger partial charge in [0.25, 0.3) is 0 Å². The van der Waals surface area contributed by atoms with Crippen molar-refractivity contribution in [1.29, 1.82) is 5.26 Å². The van der Waals surface area contributed by atoms with Gasteiger partial charge in [0.2, 0.25) is 0 Å². The van der Waals surface area contributed by atoms with Crippen molar-refractivity contribution >= 4 is 23.2 Å². The minimum Gasteiger partial charge on any atom is -0.591 e.